The number of pyridine rings is 1. The van der Waals surface area contributed by atoms with Crippen LogP contribution in [-0.4, -0.2) is 44.2 Å². The summed E-state index contributed by atoms with van der Waals surface area (Å²) in [5, 5.41) is 0. The summed E-state index contributed by atoms with van der Waals surface area (Å²) in [6.07, 6.45) is 0. The lowest BCUT2D eigenvalue weighted by Gasteiger charge is -2.37. The number of esters is 1. The quantitative estimate of drug-likeness (QED) is 0.804. The van der Waals surface area contributed by atoms with E-state index >= 15 is 0 Å². The zero-order valence-electron chi connectivity index (χ0n) is 15.4. The van der Waals surface area contributed by atoms with E-state index in [0.29, 0.717) is 11.3 Å². The van der Waals surface area contributed by atoms with Gasteiger partial charge in [0.1, 0.15) is 5.82 Å². The van der Waals surface area contributed by atoms with E-state index < -0.39 is 0 Å². The van der Waals surface area contributed by atoms with E-state index in [4.69, 9.17) is 4.74 Å². The zero-order valence-corrected chi connectivity index (χ0v) is 15.4. The molecule has 1 aromatic heterocycles. The van der Waals surface area contributed by atoms with E-state index in [1.54, 1.807) is 6.07 Å². The van der Waals surface area contributed by atoms with Crippen molar-refractivity contribution in [2.24, 2.45) is 0 Å². The standard InChI is InChI=1S/C20H25N3O2/c1-14-5-6-15(2)18(13-14)22-9-11-23(12-10-22)19-8-7-17(16(3)21-19)20(24)25-4/h5-8,13H,9-12H2,1-4H3. The maximum absolute atomic E-state index is 11.7. The van der Waals surface area contributed by atoms with Crippen LogP contribution in [0.15, 0.2) is 30.3 Å². The van der Waals surface area contributed by atoms with Gasteiger partial charge in [0.15, 0.2) is 0 Å². The molecule has 0 atom stereocenters. The molecule has 1 aromatic carbocycles. The number of rotatable bonds is 3. The lowest BCUT2D eigenvalue weighted by molar-refractivity contribution is 0.0599. The van der Waals surface area contributed by atoms with Crippen molar-refractivity contribution in [3.63, 3.8) is 0 Å². The average Bonchev–Trinajstić information content (AvgIpc) is 2.63. The highest BCUT2D eigenvalue weighted by Crippen LogP contribution is 2.24. The lowest BCUT2D eigenvalue weighted by Crippen LogP contribution is -2.47. The van der Waals surface area contributed by atoms with Gasteiger partial charge < -0.3 is 14.5 Å². The first-order chi connectivity index (χ1) is 12.0. The molecule has 132 valence electrons. The van der Waals surface area contributed by atoms with Crippen molar-refractivity contribution in [2.75, 3.05) is 43.1 Å². The number of ether oxygens (including phenoxy) is 1. The summed E-state index contributed by atoms with van der Waals surface area (Å²) in [5.74, 6) is 0.585. The van der Waals surface area contributed by atoms with Crippen molar-refractivity contribution >= 4 is 17.5 Å². The van der Waals surface area contributed by atoms with E-state index in [-0.39, 0.29) is 5.97 Å². The minimum atomic E-state index is -0.337. The second-order valence-electron chi connectivity index (χ2n) is 6.56. The average molecular weight is 339 g/mol. The van der Waals surface area contributed by atoms with Gasteiger partial charge in [-0.1, -0.05) is 12.1 Å². The number of benzene rings is 1. The van der Waals surface area contributed by atoms with Crippen LogP contribution < -0.4 is 9.80 Å². The van der Waals surface area contributed by atoms with E-state index in [2.05, 4.69) is 46.8 Å². The lowest BCUT2D eigenvalue weighted by atomic mass is 10.1. The van der Waals surface area contributed by atoms with E-state index in [9.17, 15) is 4.79 Å². The first-order valence-electron chi connectivity index (χ1n) is 8.62. The molecular weight excluding hydrogens is 314 g/mol. The molecule has 3 rings (SSSR count). The SMILES string of the molecule is COC(=O)c1ccc(N2CCN(c3cc(C)ccc3C)CC2)nc1C. The van der Waals surface area contributed by atoms with E-state index in [1.165, 1.54) is 23.9 Å². The van der Waals surface area contributed by atoms with Gasteiger partial charge >= 0.3 is 5.97 Å². The number of hydrogen-bond acceptors (Lipinski definition) is 5. The van der Waals surface area contributed by atoms with Crippen LogP contribution in [0.25, 0.3) is 0 Å². The number of carbonyl (C=O) groups excluding carboxylic acids is 1. The molecule has 0 aliphatic carbocycles. The van der Waals surface area contributed by atoms with Crippen LogP contribution in [0, 0.1) is 20.8 Å². The number of methoxy groups -OCH3 is 1. The van der Waals surface area contributed by atoms with Crippen molar-refractivity contribution in [3.8, 4) is 0 Å². The number of hydrogen-bond donors (Lipinski definition) is 0. The van der Waals surface area contributed by atoms with Crippen molar-refractivity contribution in [1.82, 2.24) is 4.98 Å². The van der Waals surface area contributed by atoms with Gasteiger partial charge in [-0.05, 0) is 50.1 Å². The van der Waals surface area contributed by atoms with Gasteiger partial charge in [0.25, 0.3) is 0 Å². The highest BCUT2D eigenvalue weighted by atomic mass is 16.5. The molecule has 25 heavy (non-hydrogen) atoms. The van der Waals surface area contributed by atoms with E-state index in [1.807, 2.05) is 13.0 Å². The molecular formula is C20H25N3O2. The second-order valence-corrected chi connectivity index (χ2v) is 6.56. The highest BCUT2D eigenvalue weighted by Gasteiger charge is 2.20. The third-order valence-electron chi connectivity index (χ3n) is 4.79. The predicted octanol–water partition coefficient (Wildman–Crippen LogP) is 3.12. The third-order valence-corrected chi connectivity index (χ3v) is 4.79. The molecule has 1 aliphatic heterocycles. The number of carbonyl (C=O) groups is 1. The van der Waals surface area contributed by atoms with Crippen molar-refractivity contribution < 1.29 is 9.53 Å². The Hall–Kier alpha value is -2.56. The number of anilines is 2. The fourth-order valence-corrected chi connectivity index (χ4v) is 3.29. The van der Waals surface area contributed by atoms with Crippen LogP contribution in [0.4, 0.5) is 11.5 Å². The van der Waals surface area contributed by atoms with Gasteiger partial charge in [-0.25, -0.2) is 9.78 Å². The summed E-state index contributed by atoms with van der Waals surface area (Å²) in [7, 11) is 1.39. The topological polar surface area (TPSA) is 45.7 Å². The zero-order chi connectivity index (χ0) is 18.0. The number of piperazine rings is 1. The fraction of sp³-hybridized carbons (Fsp3) is 0.400. The van der Waals surface area contributed by atoms with Gasteiger partial charge in [-0.2, -0.15) is 0 Å². The Balaban J connectivity index is 1.71. The normalized spacial score (nSPS) is 14.6. The number of aromatic nitrogens is 1. The van der Waals surface area contributed by atoms with Crippen LogP contribution in [0.1, 0.15) is 27.2 Å². The molecule has 0 amide bonds. The molecule has 2 aromatic rings. The molecule has 0 radical (unpaired) electrons. The van der Waals surface area contributed by atoms with Crippen LogP contribution in [0.5, 0.6) is 0 Å². The van der Waals surface area contributed by atoms with Crippen LogP contribution >= 0.6 is 0 Å². The van der Waals surface area contributed by atoms with Gasteiger partial charge in [0.05, 0.1) is 18.4 Å². The molecule has 1 saturated heterocycles. The summed E-state index contributed by atoms with van der Waals surface area (Å²) >= 11 is 0. The largest absolute Gasteiger partial charge is 0.465 e. The first-order valence-corrected chi connectivity index (χ1v) is 8.62. The van der Waals surface area contributed by atoms with Gasteiger partial charge in [0.2, 0.25) is 0 Å². The summed E-state index contributed by atoms with van der Waals surface area (Å²) in [5.41, 5.74) is 5.17. The van der Waals surface area contributed by atoms with Crippen molar-refractivity contribution in [3.05, 3.63) is 52.7 Å². The highest BCUT2D eigenvalue weighted by molar-refractivity contribution is 5.90. The van der Waals surface area contributed by atoms with Gasteiger partial charge in [0, 0.05) is 31.9 Å². The van der Waals surface area contributed by atoms with Crippen LogP contribution in [0.3, 0.4) is 0 Å². The Bertz CT molecular complexity index is 781. The molecule has 5 heteroatoms. The van der Waals surface area contributed by atoms with Crippen molar-refractivity contribution in [1.29, 1.82) is 0 Å². The summed E-state index contributed by atoms with van der Waals surface area (Å²) in [4.78, 5) is 21.0. The maximum atomic E-state index is 11.7. The summed E-state index contributed by atoms with van der Waals surface area (Å²) in [6, 6.07) is 10.3. The molecule has 1 aliphatic rings. The number of aryl methyl sites for hydroxylation is 3. The van der Waals surface area contributed by atoms with E-state index in [0.717, 1.165) is 32.0 Å². The minimum Gasteiger partial charge on any atom is -0.465 e. The Morgan fingerprint density at radius 3 is 2.32 bits per heavy atom. The second kappa shape index (κ2) is 7.13. The fourth-order valence-electron chi connectivity index (χ4n) is 3.29. The molecule has 0 N–H and O–H groups in total. The Labute approximate surface area is 149 Å². The summed E-state index contributed by atoms with van der Waals surface area (Å²) in [6.45, 7) is 9.90. The smallest absolute Gasteiger partial charge is 0.339 e. The first kappa shape index (κ1) is 17.3. The number of nitrogens with zero attached hydrogens (tertiary/aromatic N) is 3. The molecule has 0 unspecified atom stereocenters. The van der Waals surface area contributed by atoms with Gasteiger partial charge in [-0.3, -0.25) is 0 Å². The molecule has 5 nitrogen and oxygen atoms in total. The van der Waals surface area contributed by atoms with Crippen molar-refractivity contribution in [2.45, 2.75) is 20.8 Å². The Kier molecular flexibility index (Phi) is 4.93. The Morgan fingerprint density at radius 2 is 1.68 bits per heavy atom. The Morgan fingerprint density at radius 1 is 1.00 bits per heavy atom. The molecule has 2 heterocycles. The minimum absolute atomic E-state index is 0.337. The third kappa shape index (κ3) is 3.60. The monoisotopic (exact) mass is 339 g/mol. The van der Waals surface area contributed by atoms with Crippen LogP contribution in [0.2, 0.25) is 0 Å². The predicted molar refractivity (Wildman–Crippen MR) is 101 cm³/mol. The van der Waals surface area contributed by atoms with Crippen LogP contribution in [-0.2, 0) is 4.74 Å². The molecule has 0 bridgehead atoms. The molecule has 1 fully saturated rings. The van der Waals surface area contributed by atoms with Gasteiger partial charge in [-0.15, -0.1) is 0 Å². The molecule has 0 spiro atoms. The summed E-state index contributed by atoms with van der Waals surface area (Å²) < 4.78 is 4.79. The molecule has 0 saturated carbocycles. The maximum Gasteiger partial charge on any atom is 0.339 e.